The third-order valence-corrected chi connectivity index (χ3v) is 4.88. The van der Waals surface area contributed by atoms with Crippen LogP contribution in [0.1, 0.15) is 21.5 Å². The van der Waals surface area contributed by atoms with E-state index < -0.39 is 11.9 Å². The van der Waals surface area contributed by atoms with Crippen LogP contribution in [-0.2, 0) is 4.79 Å². The zero-order chi connectivity index (χ0) is 17.9. The lowest BCUT2D eigenvalue weighted by Crippen LogP contribution is -2.33. The highest BCUT2D eigenvalue weighted by atomic mass is 32.1. The van der Waals surface area contributed by atoms with E-state index in [1.54, 1.807) is 21.1 Å². The van der Waals surface area contributed by atoms with Gasteiger partial charge < -0.3 is 14.7 Å². The molecule has 2 rings (SSSR count). The number of carbonyl (C=O) groups excluding carboxylic acids is 1. The van der Waals surface area contributed by atoms with Crippen molar-refractivity contribution in [3.05, 3.63) is 40.1 Å². The molecular formula is C18H21NO4S. The van der Waals surface area contributed by atoms with E-state index in [0.717, 1.165) is 21.8 Å². The number of aryl methyl sites for hydroxylation is 1. The van der Waals surface area contributed by atoms with Gasteiger partial charge in [-0.3, -0.25) is 9.59 Å². The number of nitrogens with zero attached hydrogens (tertiary/aromatic N) is 1. The molecule has 5 nitrogen and oxygen atoms in total. The fourth-order valence-corrected chi connectivity index (χ4v) is 3.44. The molecule has 128 valence electrons. The molecule has 1 atom stereocenters. The normalized spacial score (nSPS) is 11.8. The Morgan fingerprint density at radius 3 is 2.46 bits per heavy atom. The van der Waals surface area contributed by atoms with E-state index in [1.807, 2.05) is 37.3 Å². The van der Waals surface area contributed by atoms with E-state index >= 15 is 0 Å². The van der Waals surface area contributed by atoms with Gasteiger partial charge in [-0.15, -0.1) is 11.3 Å². The summed E-state index contributed by atoms with van der Waals surface area (Å²) in [6.45, 7) is 3.75. The number of hydrogen-bond donors (Lipinski definition) is 1. The number of thiophene rings is 1. The van der Waals surface area contributed by atoms with Crippen LogP contribution in [0.15, 0.2) is 30.3 Å². The summed E-state index contributed by atoms with van der Waals surface area (Å²) in [5.41, 5.74) is 2.02. The summed E-state index contributed by atoms with van der Waals surface area (Å²) >= 11 is 1.42. The lowest BCUT2D eigenvalue weighted by atomic mass is 10.1. The summed E-state index contributed by atoms with van der Waals surface area (Å²) in [6.07, 6.45) is 0. The van der Waals surface area contributed by atoms with Gasteiger partial charge in [0.15, 0.2) is 0 Å². The standard InChI is InChI=1S/C18H21NO4S/c1-11(18(21)22)10-19(3)17(20)16-9-15(12(2)24-16)13-5-7-14(23-4)8-6-13/h5-9,11H,10H2,1-4H3,(H,21,22). The fourth-order valence-electron chi connectivity index (χ4n) is 2.40. The Bertz CT molecular complexity index is 736. The number of carbonyl (C=O) groups is 2. The van der Waals surface area contributed by atoms with Crippen LogP contribution in [0.25, 0.3) is 11.1 Å². The molecule has 1 aromatic carbocycles. The molecule has 0 bridgehead atoms. The molecule has 1 aromatic heterocycles. The first-order valence-corrected chi connectivity index (χ1v) is 8.38. The van der Waals surface area contributed by atoms with Gasteiger partial charge in [0.1, 0.15) is 5.75 Å². The predicted molar refractivity (Wildman–Crippen MR) is 94.8 cm³/mol. The number of ether oxygens (including phenoxy) is 1. The molecule has 24 heavy (non-hydrogen) atoms. The zero-order valence-electron chi connectivity index (χ0n) is 14.2. The summed E-state index contributed by atoms with van der Waals surface area (Å²) in [6, 6.07) is 9.55. The van der Waals surface area contributed by atoms with E-state index in [-0.39, 0.29) is 12.5 Å². The second-order valence-electron chi connectivity index (χ2n) is 5.73. The Hall–Kier alpha value is -2.34. The number of hydrogen-bond acceptors (Lipinski definition) is 4. The SMILES string of the molecule is COc1ccc(-c2cc(C(=O)N(C)CC(C)C(=O)O)sc2C)cc1. The summed E-state index contributed by atoms with van der Waals surface area (Å²) in [7, 11) is 3.25. The molecule has 1 unspecified atom stereocenters. The van der Waals surface area contributed by atoms with E-state index in [4.69, 9.17) is 9.84 Å². The summed E-state index contributed by atoms with van der Waals surface area (Å²) < 4.78 is 5.16. The maximum absolute atomic E-state index is 12.5. The number of carboxylic acids is 1. The number of benzene rings is 1. The largest absolute Gasteiger partial charge is 0.497 e. The van der Waals surface area contributed by atoms with Crippen LogP contribution in [0, 0.1) is 12.8 Å². The van der Waals surface area contributed by atoms with Crippen LogP contribution in [0.3, 0.4) is 0 Å². The van der Waals surface area contributed by atoms with Crippen LogP contribution < -0.4 is 4.74 Å². The third kappa shape index (κ3) is 3.94. The maximum atomic E-state index is 12.5. The van der Waals surface area contributed by atoms with Crippen molar-refractivity contribution in [2.24, 2.45) is 5.92 Å². The molecule has 2 aromatic rings. The number of aliphatic carboxylic acids is 1. The monoisotopic (exact) mass is 347 g/mol. The Balaban J connectivity index is 2.20. The first kappa shape index (κ1) is 18.0. The van der Waals surface area contributed by atoms with Crippen molar-refractivity contribution in [2.45, 2.75) is 13.8 Å². The predicted octanol–water partition coefficient (Wildman–Crippen LogP) is 3.52. The Kier molecular flexibility index (Phi) is 5.62. The highest BCUT2D eigenvalue weighted by Gasteiger charge is 2.21. The molecule has 1 N–H and O–H groups in total. The van der Waals surface area contributed by atoms with Crippen molar-refractivity contribution in [2.75, 3.05) is 20.7 Å². The van der Waals surface area contributed by atoms with Gasteiger partial charge in [-0.2, -0.15) is 0 Å². The number of methoxy groups -OCH3 is 1. The lowest BCUT2D eigenvalue weighted by Gasteiger charge is -2.18. The summed E-state index contributed by atoms with van der Waals surface area (Å²) in [4.78, 5) is 26.6. The molecule has 0 spiro atoms. The minimum atomic E-state index is -0.907. The second kappa shape index (κ2) is 7.49. The quantitative estimate of drug-likeness (QED) is 0.868. The Morgan fingerprint density at radius 1 is 1.29 bits per heavy atom. The summed E-state index contributed by atoms with van der Waals surface area (Å²) in [5.74, 6) is -0.877. The molecule has 0 aliphatic heterocycles. The molecular weight excluding hydrogens is 326 g/mol. The molecule has 0 saturated heterocycles. The fraction of sp³-hybridized carbons (Fsp3) is 0.333. The zero-order valence-corrected chi connectivity index (χ0v) is 15.0. The lowest BCUT2D eigenvalue weighted by molar-refractivity contribution is -0.141. The minimum Gasteiger partial charge on any atom is -0.497 e. The molecule has 1 amide bonds. The van der Waals surface area contributed by atoms with Gasteiger partial charge in [0.25, 0.3) is 5.91 Å². The van der Waals surface area contributed by atoms with E-state index in [9.17, 15) is 9.59 Å². The van der Waals surface area contributed by atoms with Gasteiger partial charge >= 0.3 is 5.97 Å². The van der Waals surface area contributed by atoms with Crippen LogP contribution >= 0.6 is 11.3 Å². The number of rotatable bonds is 6. The number of amides is 1. The molecule has 1 heterocycles. The van der Waals surface area contributed by atoms with Crippen LogP contribution in [-0.4, -0.2) is 42.6 Å². The maximum Gasteiger partial charge on any atom is 0.308 e. The van der Waals surface area contributed by atoms with Gasteiger partial charge in [-0.25, -0.2) is 0 Å². The second-order valence-corrected chi connectivity index (χ2v) is 6.99. The van der Waals surface area contributed by atoms with E-state index in [1.165, 1.54) is 16.2 Å². The highest BCUT2D eigenvalue weighted by Crippen LogP contribution is 2.32. The minimum absolute atomic E-state index is 0.157. The summed E-state index contributed by atoms with van der Waals surface area (Å²) in [5, 5.41) is 8.98. The van der Waals surface area contributed by atoms with Crippen molar-refractivity contribution in [3.63, 3.8) is 0 Å². The number of carboxylic acid groups (broad SMARTS) is 1. The average molecular weight is 347 g/mol. The molecule has 0 fully saturated rings. The van der Waals surface area contributed by atoms with Crippen LogP contribution in [0.5, 0.6) is 5.75 Å². The Labute approximate surface area is 145 Å². The van der Waals surface area contributed by atoms with Crippen LogP contribution in [0.2, 0.25) is 0 Å². The topological polar surface area (TPSA) is 66.8 Å². The smallest absolute Gasteiger partial charge is 0.308 e. The first-order chi connectivity index (χ1) is 11.3. The van der Waals surface area contributed by atoms with Crippen molar-refractivity contribution < 1.29 is 19.4 Å². The third-order valence-electron chi connectivity index (χ3n) is 3.85. The van der Waals surface area contributed by atoms with Gasteiger partial charge in [0.2, 0.25) is 0 Å². The van der Waals surface area contributed by atoms with E-state index in [0.29, 0.717) is 4.88 Å². The molecule has 6 heteroatoms. The first-order valence-electron chi connectivity index (χ1n) is 7.56. The highest BCUT2D eigenvalue weighted by molar-refractivity contribution is 7.14. The van der Waals surface area contributed by atoms with Gasteiger partial charge in [0, 0.05) is 18.5 Å². The molecule has 0 radical (unpaired) electrons. The van der Waals surface area contributed by atoms with Crippen molar-refractivity contribution in [1.29, 1.82) is 0 Å². The van der Waals surface area contributed by atoms with Crippen molar-refractivity contribution in [3.8, 4) is 16.9 Å². The average Bonchev–Trinajstić information content (AvgIpc) is 2.95. The van der Waals surface area contributed by atoms with E-state index in [2.05, 4.69) is 0 Å². The van der Waals surface area contributed by atoms with Crippen LogP contribution in [0.4, 0.5) is 0 Å². The van der Waals surface area contributed by atoms with Crippen molar-refractivity contribution >= 4 is 23.2 Å². The van der Waals surface area contributed by atoms with Gasteiger partial charge in [-0.1, -0.05) is 19.1 Å². The molecule has 0 saturated carbocycles. The van der Waals surface area contributed by atoms with Crippen molar-refractivity contribution in [1.82, 2.24) is 4.90 Å². The molecule has 0 aliphatic rings. The Morgan fingerprint density at radius 2 is 1.92 bits per heavy atom. The van der Waals surface area contributed by atoms with Gasteiger partial charge in [0.05, 0.1) is 17.9 Å². The van der Waals surface area contributed by atoms with Gasteiger partial charge in [-0.05, 0) is 36.2 Å². The molecule has 0 aliphatic carbocycles.